The Morgan fingerprint density at radius 1 is 1.27 bits per heavy atom. The standard InChI is InChI=1S/C10H23NO3S/c1-8(6-12)9(2)11-15(13,14)7-10(3,4)5/h8-9,11-12H,6-7H2,1-5H3. The number of hydrogen-bond acceptors (Lipinski definition) is 3. The van der Waals surface area contributed by atoms with E-state index in [1.54, 1.807) is 6.92 Å². The molecule has 4 nitrogen and oxygen atoms in total. The van der Waals surface area contributed by atoms with Gasteiger partial charge in [0.15, 0.2) is 0 Å². The van der Waals surface area contributed by atoms with Crippen molar-refractivity contribution >= 4 is 10.0 Å². The van der Waals surface area contributed by atoms with Gasteiger partial charge in [0.05, 0.1) is 5.75 Å². The van der Waals surface area contributed by atoms with Gasteiger partial charge in [-0.25, -0.2) is 13.1 Å². The smallest absolute Gasteiger partial charge is 0.212 e. The summed E-state index contributed by atoms with van der Waals surface area (Å²) in [6.45, 7) is 9.20. The number of aliphatic hydroxyl groups excluding tert-OH is 1. The molecule has 0 heterocycles. The zero-order valence-electron chi connectivity index (χ0n) is 10.2. The van der Waals surface area contributed by atoms with Crippen LogP contribution in [-0.4, -0.2) is 31.9 Å². The molecule has 15 heavy (non-hydrogen) atoms. The Morgan fingerprint density at radius 3 is 2.07 bits per heavy atom. The molecule has 0 rings (SSSR count). The minimum absolute atomic E-state index is 0.0147. The highest BCUT2D eigenvalue weighted by molar-refractivity contribution is 7.89. The second-order valence-corrected chi connectivity index (χ2v) is 7.14. The molecule has 0 spiro atoms. The Balaban J connectivity index is 4.40. The van der Waals surface area contributed by atoms with E-state index >= 15 is 0 Å². The summed E-state index contributed by atoms with van der Waals surface area (Å²) in [7, 11) is -3.25. The van der Waals surface area contributed by atoms with Gasteiger partial charge >= 0.3 is 0 Å². The Kier molecular flexibility index (Phi) is 5.23. The van der Waals surface area contributed by atoms with Crippen molar-refractivity contribution in [3.8, 4) is 0 Å². The highest BCUT2D eigenvalue weighted by atomic mass is 32.2. The van der Waals surface area contributed by atoms with E-state index in [-0.39, 0.29) is 29.7 Å². The first-order valence-corrected chi connectivity index (χ1v) is 6.83. The third-order valence-electron chi connectivity index (χ3n) is 2.13. The van der Waals surface area contributed by atoms with E-state index in [9.17, 15) is 8.42 Å². The van der Waals surface area contributed by atoms with E-state index in [0.29, 0.717) is 0 Å². The maximum absolute atomic E-state index is 11.7. The fourth-order valence-electron chi connectivity index (χ4n) is 1.17. The molecule has 0 saturated carbocycles. The lowest BCUT2D eigenvalue weighted by molar-refractivity contribution is 0.216. The highest BCUT2D eigenvalue weighted by Crippen LogP contribution is 2.16. The molecule has 0 bridgehead atoms. The lowest BCUT2D eigenvalue weighted by atomic mass is 10.0. The van der Waals surface area contributed by atoms with Crippen LogP contribution in [0.1, 0.15) is 34.6 Å². The molecule has 92 valence electrons. The molecule has 2 atom stereocenters. The summed E-state index contributed by atoms with van der Waals surface area (Å²) in [5.41, 5.74) is -0.256. The van der Waals surface area contributed by atoms with Crippen molar-refractivity contribution in [2.45, 2.75) is 40.7 Å². The normalized spacial score (nSPS) is 17.5. The SMILES string of the molecule is CC(CO)C(C)NS(=O)(=O)CC(C)(C)C. The molecule has 0 aromatic carbocycles. The van der Waals surface area contributed by atoms with Crippen LogP contribution < -0.4 is 4.72 Å². The lowest BCUT2D eigenvalue weighted by Gasteiger charge is -2.23. The van der Waals surface area contributed by atoms with Gasteiger partial charge in [-0.1, -0.05) is 27.7 Å². The third-order valence-corrected chi connectivity index (χ3v) is 4.11. The van der Waals surface area contributed by atoms with Crippen LogP contribution in [0.3, 0.4) is 0 Å². The second-order valence-electron chi connectivity index (χ2n) is 5.39. The van der Waals surface area contributed by atoms with Gasteiger partial charge in [-0.2, -0.15) is 0 Å². The average molecular weight is 237 g/mol. The van der Waals surface area contributed by atoms with Crippen molar-refractivity contribution in [2.75, 3.05) is 12.4 Å². The monoisotopic (exact) mass is 237 g/mol. The van der Waals surface area contributed by atoms with E-state index in [1.165, 1.54) is 0 Å². The van der Waals surface area contributed by atoms with Gasteiger partial charge in [0.25, 0.3) is 0 Å². The molecule has 2 unspecified atom stereocenters. The average Bonchev–Trinajstić information content (AvgIpc) is 1.96. The molecule has 0 fully saturated rings. The Morgan fingerprint density at radius 2 is 1.73 bits per heavy atom. The van der Waals surface area contributed by atoms with Crippen molar-refractivity contribution in [1.29, 1.82) is 0 Å². The molecular weight excluding hydrogens is 214 g/mol. The molecule has 0 aromatic heterocycles. The predicted molar refractivity (Wildman–Crippen MR) is 62.1 cm³/mol. The number of aliphatic hydroxyl groups is 1. The maximum atomic E-state index is 11.7. The first-order valence-electron chi connectivity index (χ1n) is 5.18. The summed E-state index contributed by atoms with van der Waals surface area (Å²) in [5, 5.41) is 8.90. The maximum Gasteiger partial charge on any atom is 0.212 e. The molecule has 0 aliphatic carbocycles. The van der Waals surface area contributed by atoms with Crippen LogP contribution in [0.2, 0.25) is 0 Å². The fraction of sp³-hybridized carbons (Fsp3) is 1.00. The van der Waals surface area contributed by atoms with E-state index in [4.69, 9.17) is 5.11 Å². The van der Waals surface area contributed by atoms with E-state index in [2.05, 4.69) is 4.72 Å². The van der Waals surface area contributed by atoms with Crippen LogP contribution in [0.25, 0.3) is 0 Å². The largest absolute Gasteiger partial charge is 0.396 e. The quantitative estimate of drug-likeness (QED) is 0.748. The summed E-state index contributed by atoms with van der Waals surface area (Å²) in [4.78, 5) is 0. The van der Waals surface area contributed by atoms with Gasteiger partial charge in [0, 0.05) is 12.6 Å². The fourth-order valence-corrected chi connectivity index (χ4v) is 3.19. The zero-order chi connectivity index (χ0) is 12.3. The predicted octanol–water partition coefficient (Wildman–Crippen LogP) is 0.969. The van der Waals surface area contributed by atoms with Crippen molar-refractivity contribution in [3.63, 3.8) is 0 Å². The van der Waals surface area contributed by atoms with Crippen LogP contribution in [0.5, 0.6) is 0 Å². The number of hydrogen-bond donors (Lipinski definition) is 2. The molecule has 5 heteroatoms. The van der Waals surface area contributed by atoms with E-state index < -0.39 is 10.0 Å². The van der Waals surface area contributed by atoms with Crippen molar-refractivity contribution in [2.24, 2.45) is 11.3 Å². The van der Waals surface area contributed by atoms with Crippen LogP contribution in [0, 0.1) is 11.3 Å². The molecule has 0 saturated heterocycles. The number of nitrogens with one attached hydrogen (secondary N) is 1. The van der Waals surface area contributed by atoms with Crippen molar-refractivity contribution in [1.82, 2.24) is 4.72 Å². The van der Waals surface area contributed by atoms with Gasteiger partial charge in [0.1, 0.15) is 0 Å². The lowest BCUT2D eigenvalue weighted by Crippen LogP contribution is -2.41. The van der Waals surface area contributed by atoms with Crippen LogP contribution >= 0.6 is 0 Å². The topological polar surface area (TPSA) is 66.4 Å². The Bertz CT molecular complexity index is 280. The van der Waals surface area contributed by atoms with Crippen LogP contribution in [-0.2, 0) is 10.0 Å². The Labute approximate surface area is 93.1 Å². The van der Waals surface area contributed by atoms with Crippen LogP contribution in [0.4, 0.5) is 0 Å². The molecule has 0 aromatic rings. The minimum Gasteiger partial charge on any atom is -0.396 e. The first kappa shape index (κ1) is 14.9. The Hall–Kier alpha value is -0.130. The molecular formula is C10H23NO3S. The molecule has 2 N–H and O–H groups in total. The van der Waals surface area contributed by atoms with Crippen molar-refractivity contribution < 1.29 is 13.5 Å². The third kappa shape index (κ3) is 6.87. The van der Waals surface area contributed by atoms with E-state index in [0.717, 1.165) is 0 Å². The minimum atomic E-state index is -3.25. The molecule has 0 aliphatic rings. The first-order chi connectivity index (χ1) is 6.57. The molecule has 0 amide bonds. The summed E-state index contributed by atoms with van der Waals surface area (Å²) >= 11 is 0. The van der Waals surface area contributed by atoms with Gasteiger partial charge in [-0.3, -0.25) is 0 Å². The summed E-state index contributed by atoms with van der Waals surface area (Å²) in [6.07, 6.45) is 0. The summed E-state index contributed by atoms with van der Waals surface area (Å²) < 4.78 is 25.9. The second kappa shape index (κ2) is 5.27. The van der Waals surface area contributed by atoms with Crippen LogP contribution in [0.15, 0.2) is 0 Å². The van der Waals surface area contributed by atoms with E-state index in [1.807, 2.05) is 27.7 Å². The molecule has 0 radical (unpaired) electrons. The van der Waals surface area contributed by atoms with Crippen molar-refractivity contribution in [3.05, 3.63) is 0 Å². The van der Waals surface area contributed by atoms with Gasteiger partial charge < -0.3 is 5.11 Å². The van der Waals surface area contributed by atoms with Gasteiger partial charge in [0.2, 0.25) is 10.0 Å². The number of rotatable bonds is 5. The van der Waals surface area contributed by atoms with Gasteiger partial charge in [-0.05, 0) is 18.3 Å². The molecule has 0 aliphatic heterocycles. The summed E-state index contributed by atoms with van der Waals surface area (Å²) in [5.74, 6) is 0.0300. The zero-order valence-corrected chi connectivity index (χ0v) is 11.1. The highest BCUT2D eigenvalue weighted by Gasteiger charge is 2.24. The number of sulfonamides is 1. The summed E-state index contributed by atoms with van der Waals surface area (Å²) in [6, 6.07) is -0.234. The van der Waals surface area contributed by atoms with Gasteiger partial charge in [-0.15, -0.1) is 0 Å².